The minimum absolute atomic E-state index is 0.256. The number of benzene rings is 2. The molecule has 0 radical (unpaired) electrons. The predicted molar refractivity (Wildman–Crippen MR) is 111 cm³/mol. The van der Waals surface area contributed by atoms with Gasteiger partial charge < -0.3 is 4.74 Å². The molecule has 0 saturated carbocycles. The van der Waals surface area contributed by atoms with Gasteiger partial charge in [-0.3, -0.25) is 9.59 Å². The Morgan fingerprint density at radius 1 is 1.00 bits per heavy atom. The number of carbonyl (C=O) groups excluding carboxylic acids is 2. The minimum atomic E-state index is -0.484. The molecule has 1 aromatic heterocycles. The molecule has 2 aromatic carbocycles. The lowest BCUT2D eigenvalue weighted by atomic mass is 10.0. The number of hydrogen-bond acceptors (Lipinski definition) is 4. The molecule has 2 aliphatic rings. The highest BCUT2D eigenvalue weighted by Gasteiger charge is 2.53. The predicted octanol–water partition coefficient (Wildman–Crippen LogP) is 3.27. The maximum absolute atomic E-state index is 13.6. The van der Waals surface area contributed by atoms with E-state index in [2.05, 4.69) is 22.0 Å². The Morgan fingerprint density at radius 3 is 2.50 bits per heavy atom. The molecular weight excluding hydrogens is 378 g/mol. The summed E-state index contributed by atoms with van der Waals surface area (Å²) in [5, 5.41) is 0. The largest absolute Gasteiger partial charge is 0.380 e. The molecule has 30 heavy (non-hydrogen) atoms. The van der Waals surface area contributed by atoms with Crippen LogP contribution in [-0.4, -0.2) is 23.8 Å². The maximum Gasteiger partial charge on any atom is 0.290 e. The molecule has 5 rings (SSSR count). The molecule has 2 amide bonds. The first-order valence-corrected chi connectivity index (χ1v) is 9.92. The van der Waals surface area contributed by atoms with Crippen LogP contribution in [0.25, 0.3) is 0 Å². The van der Waals surface area contributed by atoms with Crippen molar-refractivity contribution in [3.8, 4) is 0 Å². The van der Waals surface area contributed by atoms with Crippen molar-refractivity contribution in [2.45, 2.75) is 26.2 Å². The van der Waals surface area contributed by atoms with E-state index in [0.29, 0.717) is 24.3 Å². The number of pyridine rings is 1. The van der Waals surface area contributed by atoms with Crippen molar-refractivity contribution >= 4 is 17.6 Å². The molecule has 0 unspecified atom stereocenters. The lowest BCUT2D eigenvalue weighted by molar-refractivity contribution is -0.375. The quantitative estimate of drug-likeness (QED) is 0.631. The fourth-order valence-corrected chi connectivity index (χ4v) is 4.49. The third-order valence-corrected chi connectivity index (χ3v) is 5.71. The van der Waals surface area contributed by atoms with Gasteiger partial charge in [0.1, 0.15) is 12.1 Å². The highest BCUT2D eigenvalue weighted by atomic mass is 16.5. The van der Waals surface area contributed by atoms with Gasteiger partial charge in [0.2, 0.25) is 6.17 Å². The van der Waals surface area contributed by atoms with E-state index in [9.17, 15) is 9.59 Å². The van der Waals surface area contributed by atoms with Crippen LogP contribution in [0, 0.1) is 6.92 Å². The zero-order valence-electron chi connectivity index (χ0n) is 16.9. The Hall–Kier alpha value is -3.51. The van der Waals surface area contributed by atoms with Crippen LogP contribution >= 0.6 is 0 Å². The number of methoxy groups -OCH3 is 1. The highest BCUT2D eigenvalue weighted by Crippen LogP contribution is 2.44. The van der Waals surface area contributed by atoms with Gasteiger partial charge in [-0.1, -0.05) is 48.5 Å². The topological polar surface area (TPSA) is 64.0 Å². The molecular formula is C24H22N3O3+. The Labute approximate surface area is 174 Å². The lowest BCUT2D eigenvalue weighted by Gasteiger charge is -2.35. The molecule has 3 aromatic rings. The van der Waals surface area contributed by atoms with Gasteiger partial charge in [-0.15, -0.1) is 0 Å². The van der Waals surface area contributed by atoms with Gasteiger partial charge in [0, 0.05) is 23.8 Å². The molecule has 2 aliphatic heterocycles. The minimum Gasteiger partial charge on any atom is -0.380 e. The van der Waals surface area contributed by atoms with Crippen molar-refractivity contribution < 1.29 is 19.3 Å². The van der Waals surface area contributed by atoms with Crippen LogP contribution in [0.15, 0.2) is 60.7 Å². The summed E-state index contributed by atoms with van der Waals surface area (Å²) in [7, 11) is 1.60. The molecule has 0 aliphatic carbocycles. The van der Waals surface area contributed by atoms with Gasteiger partial charge in [-0.25, -0.2) is 14.8 Å². The number of fused-ring (bicyclic) bond motifs is 4. The van der Waals surface area contributed by atoms with Crippen LogP contribution < -0.4 is 9.88 Å². The van der Waals surface area contributed by atoms with E-state index in [1.807, 2.05) is 49.4 Å². The molecule has 0 saturated heterocycles. The summed E-state index contributed by atoms with van der Waals surface area (Å²) < 4.78 is 5.36. The number of rotatable bonds is 4. The number of carbonyl (C=O) groups is 2. The number of nitrogens with one attached hydrogen (secondary N) is 1. The van der Waals surface area contributed by atoms with Crippen LogP contribution in [-0.2, 0) is 17.9 Å². The number of anilines is 1. The van der Waals surface area contributed by atoms with Gasteiger partial charge in [0.15, 0.2) is 0 Å². The third kappa shape index (κ3) is 2.72. The SMILES string of the molecule is COCc1cc(C)[nH+]c2c1C(=O)N1C(=O)c3ccccc3[C@@H]1N2Cc1ccccc1. The number of H-pyrrole nitrogens is 1. The van der Waals surface area contributed by atoms with E-state index in [1.165, 1.54) is 4.90 Å². The van der Waals surface area contributed by atoms with E-state index >= 15 is 0 Å². The number of imide groups is 1. The fraction of sp³-hybridized carbons (Fsp3) is 0.208. The van der Waals surface area contributed by atoms with Gasteiger partial charge >= 0.3 is 0 Å². The number of hydrogen-bond donors (Lipinski definition) is 0. The van der Waals surface area contributed by atoms with E-state index in [1.54, 1.807) is 13.2 Å². The van der Waals surface area contributed by atoms with Crippen molar-refractivity contribution in [1.82, 2.24) is 4.90 Å². The summed E-state index contributed by atoms with van der Waals surface area (Å²) in [5.74, 6) is 0.179. The Kier molecular flexibility index (Phi) is 4.37. The van der Waals surface area contributed by atoms with E-state index in [0.717, 1.165) is 28.2 Å². The number of aromatic amines is 1. The zero-order valence-corrected chi connectivity index (χ0v) is 16.9. The molecule has 1 atom stereocenters. The second-order valence-corrected chi connectivity index (χ2v) is 7.69. The first-order valence-electron chi connectivity index (χ1n) is 9.92. The Morgan fingerprint density at radius 2 is 1.73 bits per heavy atom. The number of nitrogens with zero attached hydrogens (tertiary/aromatic N) is 2. The summed E-state index contributed by atoms with van der Waals surface area (Å²) in [6, 6.07) is 19.4. The van der Waals surface area contributed by atoms with Crippen molar-refractivity contribution in [2.24, 2.45) is 0 Å². The molecule has 0 fully saturated rings. The van der Waals surface area contributed by atoms with Crippen LogP contribution in [0.4, 0.5) is 5.82 Å². The van der Waals surface area contributed by atoms with Gasteiger partial charge in [-0.2, -0.15) is 0 Å². The Balaban J connectivity index is 1.75. The van der Waals surface area contributed by atoms with E-state index < -0.39 is 6.17 Å². The van der Waals surface area contributed by atoms with Gasteiger partial charge in [0.05, 0.1) is 12.3 Å². The van der Waals surface area contributed by atoms with Crippen molar-refractivity contribution in [1.29, 1.82) is 0 Å². The van der Waals surface area contributed by atoms with Crippen molar-refractivity contribution in [3.05, 3.63) is 94.2 Å². The fourth-order valence-electron chi connectivity index (χ4n) is 4.49. The van der Waals surface area contributed by atoms with E-state index in [-0.39, 0.29) is 11.8 Å². The van der Waals surface area contributed by atoms with Gasteiger partial charge in [-0.05, 0) is 24.6 Å². The summed E-state index contributed by atoms with van der Waals surface area (Å²) in [5.41, 5.74) is 4.72. The molecule has 6 heteroatoms. The zero-order chi connectivity index (χ0) is 20.8. The van der Waals surface area contributed by atoms with Crippen LogP contribution in [0.5, 0.6) is 0 Å². The number of amides is 2. The molecule has 6 nitrogen and oxygen atoms in total. The molecule has 150 valence electrons. The third-order valence-electron chi connectivity index (χ3n) is 5.71. The molecule has 0 bridgehead atoms. The standard InChI is InChI=1S/C24H21N3O3/c1-15-12-17(14-30-2)20-21(25-15)26(13-16-8-4-3-5-9-16)22-18-10-6-7-11-19(18)23(28)27(22)24(20)29/h3-12,22H,13-14H2,1-2H3/p+1/t22-/m1/s1. The number of ether oxygens (including phenoxy) is 1. The summed E-state index contributed by atoms with van der Waals surface area (Å²) in [6.45, 7) is 2.81. The smallest absolute Gasteiger partial charge is 0.290 e. The van der Waals surface area contributed by atoms with Gasteiger partial charge in [0.25, 0.3) is 17.6 Å². The first kappa shape index (κ1) is 18.5. The summed E-state index contributed by atoms with van der Waals surface area (Å²) >= 11 is 0. The summed E-state index contributed by atoms with van der Waals surface area (Å²) in [6.07, 6.45) is -0.484. The maximum atomic E-state index is 13.6. The van der Waals surface area contributed by atoms with Crippen molar-refractivity contribution in [2.75, 3.05) is 12.0 Å². The normalized spacial score (nSPS) is 17.1. The average Bonchev–Trinajstić information content (AvgIpc) is 3.05. The van der Waals surface area contributed by atoms with Crippen LogP contribution in [0.2, 0.25) is 0 Å². The number of aryl methyl sites for hydroxylation is 1. The van der Waals surface area contributed by atoms with E-state index in [4.69, 9.17) is 4.74 Å². The highest BCUT2D eigenvalue weighted by molar-refractivity contribution is 6.16. The van der Waals surface area contributed by atoms with Crippen LogP contribution in [0.3, 0.4) is 0 Å². The second-order valence-electron chi connectivity index (χ2n) is 7.69. The van der Waals surface area contributed by atoms with Crippen molar-refractivity contribution in [3.63, 3.8) is 0 Å². The molecule has 1 N–H and O–H groups in total. The van der Waals surface area contributed by atoms with Crippen LogP contribution in [0.1, 0.15) is 49.3 Å². The lowest BCUT2D eigenvalue weighted by Crippen LogP contribution is -2.51. The summed E-state index contributed by atoms with van der Waals surface area (Å²) in [4.78, 5) is 33.7. The Bertz CT molecular complexity index is 1160. The average molecular weight is 400 g/mol. The first-order chi connectivity index (χ1) is 14.6. The monoisotopic (exact) mass is 400 g/mol. The molecule has 0 spiro atoms. The molecule has 3 heterocycles. The number of aromatic nitrogens is 1. The second kappa shape index (κ2) is 7.07.